The van der Waals surface area contributed by atoms with Gasteiger partial charge in [0, 0.05) is 18.3 Å². The SMILES string of the molecule is CNC(=O)c1ccc(NC(=O)c2cc3ccccc3cc2O)cc1. The van der Waals surface area contributed by atoms with Crippen LogP contribution in [-0.2, 0) is 0 Å². The maximum atomic E-state index is 12.4. The van der Waals surface area contributed by atoms with E-state index in [-0.39, 0.29) is 17.2 Å². The fraction of sp³-hybridized carbons (Fsp3) is 0.0526. The summed E-state index contributed by atoms with van der Waals surface area (Å²) in [7, 11) is 1.56. The summed E-state index contributed by atoms with van der Waals surface area (Å²) in [5, 5.41) is 17.1. The van der Waals surface area contributed by atoms with Crippen LogP contribution in [0.15, 0.2) is 60.7 Å². The number of amides is 2. The van der Waals surface area contributed by atoms with E-state index in [1.807, 2.05) is 24.3 Å². The van der Waals surface area contributed by atoms with Gasteiger partial charge in [-0.15, -0.1) is 0 Å². The number of carbonyl (C=O) groups excluding carboxylic acids is 2. The Morgan fingerprint density at radius 3 is 2.12 bits per heavy atom. The number of rotatable bonds is 3. The lowest BCUT2D eigenvalue weighted by atomic mass is 10.1. The summed E-state index contributed by atoms with van der Waals surface area (Å²) in [6.45, 7) is 0. The van der Waals surface area contributed by atoms with E-state index in [1.54, 1.807) is 43.4 Å². The summed E-state index contributed by atoms with van der Waals surface area (Å²) in [6, 6.07) is 17.2. The van der Waals surface area contributed by atoms with Gasteiger partial charge in [-0.2, -0.15) is 0 Å². The lowest BCUT2D eigenvalue weighted by Gasteiger charge is -2.09. The molecule has 0 radical (unpaired) electrons. The molecule has 0 aliphatic carbocycles. The molecule has 0 fully saturated rings. The van der Waals surface area contributed by atoms with Crippen molar-refractivity contribution in [1.29, 1.82) is 0 Å². The van der Waals surface area contributed by atoms with E-state index >= 15 is 0 Å². The van der Waals surface area contributed by atoms with Crippen molar-refractivity contribution in [1.82, 2.24) is 5.32 Å². The van der Waals surface area contributed by atoms with Gasteiger partial charge in [0.05, 0.1) is 5.56 Å². The van der Waals surface area contributed by atoms with Crippen LogP contribution in [-0.4, -0.2) is 24.0 Å². The molecule has 3 aromatic rings. The van der Waals surface area contributed by atoms with E-state index in [4.69, 9.17) is 0 Å². The van der Waals surface area contributed by atoms with Gasteiger partial charge in [-0.1, -0.05) is 24.3 Å². The standard InChI is InChI=1S/C19H16N2O3/c1-20-18(23)12-6-8-15(9-7-12)21-19(24)16-10-13-4-2-3-5-14(13)11-17(16)22/h2-11,22H,1H3,(H,20,23)(H,21,24). The number of nitrogens with one attached hydrogen (secondary N) is 2. The number of phenolic OH excluding ortho intramolecular Hbond substituents is 1. The molecule has 0 bridgehead atoms. The van der Waals surface area contributed by atoms with Crippen molar-refractivity contribution in [3.8, 4) is 5.75 Å². The Morgan fingerprint density at radius 1 is 0.875 bits per heavy atom. The maximum absolute atomic E-state index is 12.4. The van der Waals surface area contributed by atoms with Crippen molar-refractivity contribution < 1.29 is 14.7 Å². The molecular formula is C19H16N2O3. The predicted octanol–water partition coefficient (Wildman–Crippen LogP) is 3.16. The van der Waals surface area contributed by atoms with Crippen LogP contribution in [0.5, 0.6) is 5.75 Å². The Bertz CT molecular complexity index is 918. The van der Waals surface area contributed by atoms with Crippen LogP contribution in [0.2, 0.25) is 0 Å². The number of carbonyl (C=O) groups is 2. The van der Waals surface area contributed by atoms with Gasteiger partial charge >= 0.3 is 0 Å². The van der Waals surface area contributed by atoms with Crippen LogP contribution in [0, 0.1) is 0 Å². The smallest absolute Gasteiger partial charge is 0.259 e. The summed E-state index contributed by atoms with van der Waals surface area (Å²) >= 11 is 0. The van der Waals surface area contributed by atoms with E-state index in [1.165, 1.54) is 0 Å². The van der Waals surface area contributed by atoms with Crippen LogP contribution in [0.3, 0.4) is 0 Å². The van der Waals surface area contributed by atoms with Crippen molar-refractivity contribution in [2.24, 2.45) is 0 Å². The average molecular weight is 320 g/mol. The number of anilines is 1. The molecule has 120 valence electrons. The Hall–Kier alpha value is -3.34. The summed E-state index contributed by atoms with van der Waals surface area (Å²) in [4.78, 5) is 23.9. The quantitative estimate of drug-likeness (QED) is 0.693. The van der Waals surface area contributed by atoms with Crippen LogP contribution in [0.25, 0.3) is 10.8 Å². The van der Waals surface area contributed by atoms with Gasteiger partial charge in [-0.05, 0) is 47.2 Å². The van der Waals surface area contributed by atoms with Gasteiger partial charge in [0.15, 0.2) is 0 Å². The minimum atomic E-state index is -0.411. The van der Waals surface area contributed by atoms with Crippen LogP contribution < -0.4 is 10.6 Å². The summed E-state index contributed by atoms with van der Waals surface area (Å²) in [6.07, 6.45) is 0. The molecule has 3 aromatic carbocycles. The minimum Gasteiger partial charge on any atom is -0.507 e. The highest BCUT2D eigenvalue weighted by molar-refractivity contribution is 6.08. The Balaban J connectivity index is 1.84. The van der Waals surface area contributed by atoms with Gasteiger partial charge in [0.1, 0.15) is 5.75 Å². The second kappa shape index (κ2) is 6.42. The maximum Gasteiger partial charge on any atom is 0.259 e. The molecule has 2 amide bonds. The molecule has 0 heterocycles. The second-order valence-electron chi connectivity index (χ2n) is 5.33. The first-order valence-corrected chi connectivity index (χ1v) is 7.44. The number of phenols is 1. The predicted molar refractivity (Wildman–Crippen MR) is 93.4 cm³/mol. The van der Waals surface area contributed by atoms with E-state index in [0.29, 0.717) is 11.3 Å². The lowest BCUT2D eigenvalue weighted by Crippen LogP contribution is -2.18. The van der Waals surface area contributed by atoms with Gasteiger partial charge in [-0.3, -0.25) is 9.59 Å². The van der Waals surface area contributed by atoms with Crippen molar-refractivity contribution in [2.45, 2.75) is 0 Å². The summed E-state index contributed by atoms with van der Waals surface area (Å²) in [5.74, 6) is -0.681. The Morgan fingerprint density at radius 2 is 1.50 bits per heavy atom. The molecule has 0 unspecified atom stereocenters. The normalized spacial score (nSPS) is 10.4. The molecule has 3 N–H and O–H groups in total. The molecule has 5 heteroatoms. The van der Waals surface area contributed by atoms with Gasteiger partial charge < -0.3 is 15.7 Å². The van der Waals surface area contributed by atoms with E-state index in [9.17, 15) is 14.7 Å². The third kappa shape index (κ3) is 3.05. The van der Waals surface area contributed by atoms with Crippen molar-refractivity contribution >= 4 is 28.3 Å². The van der Waals surface area contributed by atoms with Crippen molar-refractivity contribution in [2.75, 3.05) is 12.4 Å². The molecule has 0 spiro atoms. The third-order valence-electron chi connectivity index (χ3n) is 3.74. The zero-order valence-corrected chi connectivity index (χ0v) is 13.0. The van der Waals surface area contributed by atoms with Gasteiger partial charge in [0.2, 0.25) is 0 Å². The first-order chi connectivity index (χ1) is 11.6. The highest BCUT2D eigenvalue weighted by Crippen LogP contribution is 2.25. The number of benzene rings is 3. The summed E-state index contributed by atoms with van der Waals surface area (Å²) < 4.78 is 0. The molecule has 0 atom stereocenters. The van der Waals surface area contributed by atoms with Gasteiger partial charge in [0.25, 0.3) is 11.8 Å². The van der Waals surface area contributed by atoms with Crippen molar-refractivity contribution in [3.05, 3.63) is 71.8 Å². The largest absolute Gasteiger partial charge is 0.507 e. The Kier molecular flexibility index (Phi) is 4.16. The minimum absolute atomic E-state index is 0.0758. The molecule has 0 aliphatic rings. The molecule has 0 aromatic heterocycles. The molecule has 24 heavy (non-hydrogen) atoms. The van der Waals surface area contributed by atoms with Crippen LogP contribution in [0.1, 0.15) is 20.7 Å². The zero-order chi connectivity index (χ0) is 17.1. The topological polar surface area (TPSA) is 78.4 Å². The fourth-order valence-electron chi connectivity index (χ4n) is 2.46. The molecule has 3 rings (SSSR count). The third-order valence-corrected chi connectivity index (χ3v) is 3.74. The van der Waals surface area contributed by atoms with E-state index in [0.717, 1.165) is 10.8 Å². The number of hydrogen-bond donors (Lipinski definition) is 3. The lowest BCUT2D eigenvalue weighted by molar-refractivity contribution is 0.0962. The fourth-order valence-corrected chi connectivity index (χ4v) is 2.46. The first-order valence-electron chi connectivity index (χ1n) is 7.44. The highest BCUT2D eigenvalue weighted by atomic mass is 16.3. The Labute approximate surface area is 138 Å². The van der Waals surface area contributed by atoms with Gasteiger partial charge in [-0.25, -0.2) is 0 Å². The first kappa shape index (κ1) is 15.6. The monoisotopic (exact) mass is 320 g/mol. The molecule has 5 nitrogen and oxygen atoms in total. The van der Waals surface area contributed by atoms with E-state index in [2.05, 4.69) is 10.6 Å². The highest BCUT2D eigenvalue weighted by Gasteiger charge is 2.13. The van der Waals surface area contributed by atoms with E-state index < -0.39 is 5.91 Å². The van der Waals surface area contributed by atoms with Crippen LogP contribution >= 0.6 is 0 Å². The zero-order valence-electron chi connectivity index (χ0n) is 13.0. The van der Waals surface area contributed by atoms with Crippen LogP contribution in [0.4, 0.5) is 5.69 Å². The number of fused-ring (bicyclic) bond motifs is 1. The molecule has 0 saturated heterocycles. The average Bonchev–Trinajstić information content (AvgIpc) is 2.61. The molecule has 0 saturated carbocycles. The summed E-state index contributed by atoms with van der Waals surface area (Å²) in [5.41, 5.74) is 1.24. The second-order valence-corrected chi connectivity index (χ2v) is 5.33. The van der Waals surface area contributed by atoms with Crippen molar-refractivity contribution in [3.63, 3.8) is 0 Å². The number of aromatic hydroxyl groups is 1. The molecular weight excluding hydrogens is 304 g/mol. The number of hydrogen-bond acceptors (Lipinski definition) is 3. The molecule has 0 aliphatic heterocycles.